The van der Waals surface area contributed by atoms with Crippen LogP contribution >= 0.6 is 0 Å². The summed E-state index contributed by atoms with van der Waals surface area (Å²) in [6.07, 6.45) is 8.14. The third-order valence-electron chi connectivity index (χ3n) is 4.60. The fourth-order valence-electron chi connectivity index (χ4n) is 2.79. The maximum Gasteiger partial charge on any atom is 0.255 e. The quantitative estimate of drug-likeness (QED) is 0.859. The lowest BCUT2D eigenvalue weighted by Gasteiger charge is -2.20. The smallest absolute Gasteiger partial charge is 0.255 e. The molecule has 2 aromatic heterocycles. The molecule has 5 nitrogen and oxygen atoms in total. The molecule has 0 bridgehead atoms. The number of hydrogen-bond acceptors (Lipinski definition) is 3. The average molecular weight is 300 g/mol. The minimum absolute atomic E-state index is 0.0658. The van der Waals surface area contributed by atoms with E-state index in [1.165, 1.54) is 12.8 Å². The average Bonchev–Trinajstić information content (AvgIpc) is 3.26. The third-order valence-corrected chi connectivity index (χ3v) is 4.60. The van der Waals surface area contributed by atoms with E-state index in [4.69, 9.17) is 0 Å². The lowest BCUT2D eigenvalue weighted by atomic mass is 9.98. The summed E-state index contributed by atoms with van der Waals surface area (Å²) in [5.74, 6) is 0.933. The van der Waals surface area contributed by atoms with Gasteiger partial charge in [0.2, 0.25) is 0 Å². The molecule has 1 unspecified atom stereocenters. The van der Waals surface area contributed by atoms with Gasteiger partial charge in [0, 0.05) is 18.2 Å². The zero-order valence-electron chi connectivity index (χ0n) is 13.5. The van der Waals surface area contributed by atoms with Crippen LogP contribution in [0.15, 0.2) is 12.4 Å². The summed E-state index contributed by atoms with van der Waals surface area (Å²) in [6.45, 7) is 6.41. The van der Waals surface area contributed by atoms with Crippen LogP contribution in [0.25, 0.3) is 11.2 Å². The van der Waals surface area contributed by atoms with Gasteiger partial charge in [-0.15, -0.1) is 0 Å². The van der Waals surface area contributed by atoms with Crippen molar-refractivity contribution in [3.05, 3.63) is 23.7 Å². The standard InChI is InChI=1S/C17H24N4O/c1-4-5-10(2)11(3)20-17(22)13-8-18-16-15(13)21-14(9-19-16)12-6-7-12/h8-12H,4-7H2,1-3H3,(H,18,19)(H,20,22)/t10?,11-/m1/s1. The lowest BCUT2D eigenvalue weighted by molar-refractivity contribution is 0.0929. The first-order valence-electron chi connectivity index (χ1n) is 8.25. The number of nitrogens with zero attached hydrogens (tertiary/aromatic N) is 2. The number of rotatable bonds is 6. The van der Waals surface area contributed by atoms with Gasteiger partial charge in [-0.3, -0.25) is 4.79 Å². The van der Waals surface area contributed by atoms with E-state index < -0.39 is 0 Å². The molecule has 1 aliphatic rings. The lowest BCUT2D eigenvalue weighted by Crippen LogP contribution is -2.37. The van der Waals surface area contributed by atoms with Crippen LogP contribution in [-0.2, 0) is 0 Å². The zero-order chi connectivity index (χ0) is 15.7. The minimum Gasteiger partial charge on any atom is -0.349 e. The van der Waals surface area contributed by atoms with E-state index in [1.54, 1.807) is 6.20 Å². The number of aromatic amines is 1. The van der Waals surface area contributed by atoms with Gasteiger partial charge in [-0.2, -0.15) is 0 Å². The van der Waals surface area contributed by atoms with E-state index in [9.17, 15) is 4.79 Å². The highest BCUT2D eigenvalue weighted by atomic mass is 16.1. The molecule has 0 saturated heterocycles. The predicted molar refractivity (Wildman–Crippen MR) is 86.9 cm³/mol. The Morgan fingerprint density at radius 3 is 2.91 bits per heavy atom. The number of amides is 1. The molecule has 0 radical (unpaired) electrons. The van der Waals surface area contributed by atoms with Crippen molar-refractivity contribution in [1.29, 1.82) is 0 Å². The molecule has 3 rings (SSSR count). The summed E-state index contributed by atoms with van der Waals surface area (Å²) in [6, 6.07) is 0.150. The molecule has 0 aliphatic heterocycles. The number of fused-ring (bicyclic) bond motifs is 1. The second kappa shape index (κ2) is 6.07. The van der Waals surface area contributed by atoms with E-state index >= 15 is 0 Å². The number of hydrogen-bond donors (Lipinski definition) is 2. The van der Waals surface area contributed by atoms with Gasteiger partial charge in [-0.05, 0) is 32.1 Å². The molecule has 118 valence electrons. The van der Waals surface area contributed by atoms with Crippen molar-refractivity contribution in [2.75, 3.05) is 0 Å². The normalized spacial score (nSPS) is 17.4. The summed E-state index contributed by atoms with van der Waals surface area (Å²) in [4.78, 5) is 24.6. The second-order valence-electron chi connectivity index (χ2n) is 6.50. The van der Waals surface area contributed by atoms with Crippen molar-refractivity contribution >= 4 is 17.1 Å². The topological polar surface area (TPSA) is 70.7 Å². The molecule has 2 aromatic rings. The van der Waals surface area contributed by atoms with Crippen LogP contribution in [0.3, 0.4) is 0 Å². The van der Waals surface area contributed by atoms with Crippen LogP contribution in [0.5, 0.6) is 0 Å². The molecule has 2 heterocycles. The van der Waals surface area contributed by atoms with Crippen molar-refractivity contribution in [1.82, 2.24) is 20.3 Å². The van der Waals surface area contributed by atoms with Crippen molar-refractivity contribution in [3.8, 4) is 0 Å². The summed E-state index contributed by atoms with van der Waals surface area (Å²) in [7, 11) is 0. The fraction of sp³-hybridized carbons (Fsp3) is 0.588. The monoisotopic (exact) mass is 300 g/mol. The van der Waals surface area contributed by atoms with E-state index in [0.717, 1.165) is 18.5 Å². The predicted octanol–water partition coefficient (Wildman–Crippen LogP) is 3.39. The first-order valence-corrected chi connectivity index (χ1v) is 8.25. The van der Waals surface area contributed by atoms with Crippen LogP contribution in [0.2, 0.25) is 0 Å². The summed E-state index contributed by atoms with van der Waals surface area (Å²) in [5, 5.41) is 3.10. The van der Waals surface area contributed by atoms with Gasteiger partial charge in [0.15, 0.2) is 5.65 Å². The molecule has 1 aliphatic carbocycles. The molecule has 1 saturated carbocycles. The molecule has 0 aromatic carbocycles. The van der Waals surface area contributed by atoms with Crippen LogP contribution in [0, 0.1) is 5.92 Å². The largest absolute Gasteiger partial charge is 0.349 e. The minimum atomic E-state index is -0.0658. The highest BCUT2D eigenvalue weighted by Crippen LogP contribution is 2.39. The van der Waals surface area contributed by atoms with Crippen molar-refractivity contribution in [3.63, 3.8) is 0 Å². The van der Waals surface area contributed by atoms with Gasteiger partial charge in [-0.25, -0.2) is 9.97 Å². The SMILES string of the molecule is CCCC(C)[C@@H](C)NC(=O)c1c[nH]c2ncc(C3CC3)nc12. The van der Waals surface area contributed by atoms with Gasteiger partial charge in [0.25, 0.3) is 5.91 Å². The second-order valence-corrected chi connectivity index (χ2v) is 6.50. The van der Waals surface area contributed by atoms with Gasteiger partial charge < -0.3 is 10.3 Å². The molecule has 1 fully saturated rings. The molecule has 0 spiro atoms. The van der Waals surface area contributed by atoms with E-state index in [-0.39, 0.29) is 11.9 Å². The van der Waals surface area contributed by atoms with Gasteiger partial charge >= 0.3 is 0 Å². The maximum absolute atomic E-state index is 12.5. The van der Waals surface area contributed by atoms with Crippen LogP contribution < -0.4 is 5.32 Å². The Morgan fingerprint density at radius 1 is 1.45 bits per heavy atom. The Bertz CT molecular complexity index is 674. The van der Waals surface area contributed by atoms with Gasteiger partial charge in [0.05, 0.1) is 17.5 Å². The molecule has 2 atom stereocenters. The van der Waals surface area contributed by atoms with Crippen molar-refractivity contribution < 1.29 is 4.79 Å². The Kier molecular flexibility index (Phi) is 4.14. The van der Waals surface area contributed by atoms with E-state index in [1.807, 2.05) is 6.20 Å². The molecular weight excluding hydrogens is 276 g/mol. The van der Waals surface area contributed by atoms with E-state index in [0.29, 0.717) is 28.6 Å². The first-order chi connectivity index (χ1) is 10.6. The van der Waals surface area contributed by atoms with Gasteiger partial charge in [0.1, 0.15) is 5.52 Å². The molecular formula is C17H24N4O. The number of aromatic nitrogens is 3. The molecule has 5 heteroatoms. The zero-order valence-corrected chi connectivity index (χ0v) is 13.5. The summed E-state index contributed by atoms with van der Waals surface area (Å²) in [5.41, 5.74) is 2.98. The summed E-state index contributed by atoms with van der Waals surface area (Å²) >= 11 is 0. The number of carbonyl (C=O) groups is 1. The van der Waals surface area contributed by atoms with Crippen LogP contribution in [0.4, 0.5) is 0 Å². The number of carbonyl (C=O) groups excluding carboxylic acids is 1. The maximum atomic E-state index is 12.5. The van der Waals surface area contributed by atoms with Crippen molar-refractivity contribution in [2.45, 2.75) is 58.4 Å². The molecule has 1 amide bonds. The number of H-pyrrole nitrogens is 1. The van der Waals surface area contributed by atoms with Crippen LogP contribution in [0.1, 0.15) is 68.4 Å². The molecule has 22 heavy (non-hydrogen) atoms. The number of nitrogens with one attached hydrogen (secondary N) is 2. The Labute approximate surface area is 130 Å². The van der Waals surface area contributed by atoms with E-state index in [2.05, 4.69) is 41.0 Å². The van der Waals surface area contributed by atoms with Gasteiger partial charge in [-0.1, -0.05) is 20.3 Å². The molecule has 2 N–H and O–H groups in total. The van der Waals surface area contributed by atoms with Crippen molar-refractivity contribution in [2.24, 2.45) is 5.92 Å². The van der Waals surface area contributed by atoms with Crippen LogP contribution in [-0.4, -0.2) is 26.9 Å². The summed E-state index contributed by atoms with van der Waals surface area (Å²) < 4.78 is 0. The Hall–Kier alpha value is -1.91. The fourth-order valence-corrected chi connectivity index (χ4v) is 2.79. The third kappa shape index (κ3) is 2.98. The Morgan fingerprint density at radius 2 is 2.23 bits per heavy atom. The highest BCUT2D eigenvalue weighted by molar-refractivity contribution is 6.04. The first kappa shape index (κ1) is 15.0. The highest BCUT2D eigenvalue weighted by Gasteiger charge is 2.27. The Balaban J connectivity index is 1.79.